The van der Waals surface area contributed by atoms with Crippen molar-refractivity contribution in [3.63, 3.8) is 0 Å². The van der Waals surface area contributed by atoms with Crippen LogP contribution >= 0.6 is 0 Å². The summed E-state index contributed by atoms with van der Waals surface area (Å²) in [4.78, 5) is 2.44. The van der Waals surface area contributed by atoms with Gasteiger partial charge in [-0.2, -0.15) is 0 Å². The average Bonchev–Trinajstić information content (AvgIpc) is 3.89. The molecule has 2 nitrogen and oxygen atoms in total. The van der Waals surface area contributed by atoms with Crippen LogP contribution in [0, 0.1) is 0 Å². The van der Waals surface area contributed by atoms with Gasteiger partial charge in [0, 0.05) is 38.5 Å². The quantitative estimate of drug-likeness (QED) is 0.167. The lowest BCUT2D eigenvalue weighted by Gasteiger charge is -2.29. The lowest BCUT2D eigenvalue weighted by molar-refractivity contribution is 0.660. The van der Waals surface area contributed by atoms with Gasteiger partial charge in [-0.15, -0.1) is 0 Å². The van der Waals surface area contributed by atoms with Crippen LogP contribution in [-0.4, -0.2) is 0 Å². The summed E-state index contributed by atoms with van der Waals surface area (Å²) in [5.74, 6) is 0. The van der Waals surface area contributed by atoms with E-state index in [1.165, 1.54) is 78.0 Å². The van der Waals surface area contributed by atoms with Gasteiger partial charge in [0.25, 0.3) is 0 Å². The number of hydrogen-bond donors (Lipinski definition) is 0. The van der Waals surface area contributed by atoms with Gasteiger partial charge in [-0.25, -0.2) is 0 Å². The van der Waals surface area contributed by atoms with E-state index >= 15 is 0 Å². The Labute approximate surface area is 363 Å². The predicted molar refractivity (Wildman–Crippen MR) is 260 cm³/mol. The van der Waals surface area contributed by atoms with Crippen molar-refractivity contribution in [3.05, 3.63) is 222 Å². The van der Waals surface area contributed by atoms with Crippen molar-refractivity contribution in [1.29, 1.82) is 0 Å². The van der Waals surface area contributed by atoms with E-state index < -0.39 is 0 Å². The number of furan rings is 1. The van der Waals surface area contributed by atoms with Crippen molar-refractivity contribution in [2.45, 2.75) is 38.5 Å². The van der Waals surface area contributed by atoms with Crippen molar-refractivity contribution < 1.29 is 4.42 Å². The Morgan fingerprint density at radius 1 is 0.339 bits per heavy atom. The van der Waals surface area contributed by atoms with E-state index in [-0.39, 0.29) is 10.8 Å². The molecule has 62 heavy (non-hydrogen) atoms. The summed E-state index contributed by atoms with van der Waals surface area (Å²) >= 11 is 0. The number of para-hydroxylation sites is 1. The first-order valence-corrected chi connectivity index (χ1v) is 21.7. The van der Waals surface area contributed by atoms with Crippen LogP contribution in [0.3, 0.4) is 0 Å². The second-order valence-electron chi connectivity index (χ2n) is 18.1. The molecule has 0 unspecified atom stereocenters. The third-order valence-electron chi connectivity index (χ3n) is 13.9. The van der Waals surface area contributed by atoms with Crippen molar-refractivity contribution in [1.82, 2.24) is 0 Å². The molecule has 2 aliphatic rings. The van der Waals surface area contributed by atoms with Crippen molar-refractivity contribution in [2.24, 2.45) is 0 Å². The Morgan fingerprint density at radius 2 is 0.806 bits per heavy atom. The number of benzene rings is 9. The molecular formula is C60H45NO. The first-order chi connectivity index (χ1) is 30.2. The number of anilines is 3. The third kappa shape index (κ3) is 5.49. The molecule has 2 aliphatic carbocycles. The molecule has 0 N–H and O–H groups in total. The molecule has 9 aromatic carbocycles. The Balaban J connectivity index is 0.911. The van der Waals surface area contributed by atoms with Crippen molar-refractivity contribution >= 4 is 39.0 Å². The Hall–Kier alpha value is -7.42. The smallest absolute Gasteiger partial charge is 0.135 e. The van der Waals surface area contributed by atoms with Crippen LogP contribution in [0.1, 0.15) is 49.9 Å². The maximum atomic E-state index is 6.15. The largest absolute Gasteiger partial charge is 0.456 e. The van der Waals surface area contributed by atoms with Gasteiger partial charge < -0.3 is 9.32 Å². The van der Waals surface area contributed by atoms with Crippen LogP contribution in [-0.2, 0) is 10.8 Å². The minimum atomic E-state index is -0.107. The normalized spacial score (nSPS) is 14.1. The Bertz CT molecular complexity index is 3380. The summed E-state index contributed by atoms with van der Waals surface area (Å²) in [5.41, 5.74) is 23.1. The number of rotatable bonds is 6. The fraction of sp³-hybridized carbons (Fsp3) is 0.100. The molecule has 10 aromatic rings. The van der Waals surface area contributed by atoms with Crippen LogP contribution in [0.25, 0.3) is 77.6 Å². The minimum Gasteiger partial charge on any atom is -0.456 e. The van der Waals surface area contributed by atoms with E-state index in [1.54, 1.807) is 0 Å². The highest BCUT2D eigenvalue weighted by Crippen LogP contribution is 2.54. The lowest BCUT2D eigenvalue weighted by Crippen LogP contribution is -2.16. The molecule has 2 heteroatoms. The highest BCUT2D eigenvalue weighted by molar-refractivity contribution is 6.06. The maximum absolute atomic E-state index is 6.15. The van der Waals surface area contributed by atoms with Gasteiger partial charge in [0.15, 0.2) is 0 Å². The van der Waals surface area contributed by atoms with Gasteiger partial charge in [-0.3, -0.25) is 0 Å². The van der Waals surface area contributed by atoms with Crippen molar-refractivity contribution in [2.75, 3.05) is 4.90 Å². The van der Waals surface area contributed by atoms with Gasteiger partial charge in [-0.1, -0.05) is 173 Å². The van der Waals surface area contributed by atoms with Crippen molar-refractivity contribution in [3.8, 4) is 55.6 Å². The van der Waals surface area contributed by atoms with E-state index in [0.717, 1.165) is 38.9 Å². The Kier molecular flexibility index (Phi) is 7.96. The molecule has 0 atom stereocenters. The predicted octanol–water partition coefficient (Wildman–Crippen LogP) is 16.7. The van der Waals surface area contributed by atoms with Crippen LogP contribution in [0.5, 0.6) is 0 Å². The number of hydrogen-bond acceptors (Lipinski definition) is 2. The first kappa shape index (κ1) is 36.4. The molecule has 1 heterocycles. The van der Waals surface area contributed by atoms with Gasteiger partial charge in [0.05, 0.1) is 5.69 Å². The molecule has 0 amide bonds. The lowest BCUT2D eigenvalue weighted by atomic mass is 9.82. The molecule has 0 saturated carbocycles. The highest BCUT2D eigenvalue weighted by Gasteiger charge is 2.38. The van der Waals surface area contributed by atoms with Gasteiger partial charge in [-0.05, 0) is 127 Å². The number of nitrogens with zero attached hydrogens (tertiary/aromatic N) is 1. The molecule has 0 aliphatic heterocycles. The molecule has 0 saturated heterocycles. The van der Waals surface area contributed by atoms with E-state index in [9.17, 15) is 0 Å². The molecule has 0 fully saturated rings. The maximum Gasteiger partial charge on any atom is 0.135 e. The fourth-order valence-corrected chi connectivity index (χ4v) is 10.6. The summed E-state index contributed by atoms with van der Waals surface area (Å²) in [6.45, 7) is 9.38. The third-order valence-corrected chi connectivity index (χ3v) is 13.9. The zero-order valence-electron chi connectivity index (χ0n) is 35.4. The standard InChI is InChI=1S/C60H45NO/c1-59(2)51-15-8-5-12-46(51)49-36-42(28-34-53(49)59)40-22-20-38(21-23-40)39-24-30-44(31-25-39)61(55-18-11-17-54-58(55)48-14-6-9-16-52(48)60(54,3)4)45-32-26-41(27-33-45)43-29-35-57-50(37-43)47-13-7-10-19-56(47)62-57/h5-37H,1-4H3. The van der Waals surface area contributed by atoms with Gasteiger partial charge >= 0.3 is 0 Å². The van der Waals surface area contributed by atoms with Crippen LogP contribution in [0.15, 0.2) is 205 Å². The summed E-state index contributed by atoms with van der Waals surface area (Å²) in [5, 5.41) is 2.28. The van der Waals surface area contributed by atoms with E-state index in [0.29, 0.717) is 0 Å². The summed E-state index contributed by atoms with van der Waals surface area (Å²) in [7, 11) is 0. The van der Waals surface area contributed by atoms with E-state index in [2.05, 4.69) is 221 Å². The van der Waals surface area contributed by atoms with Crippen LogP contribution in [0.4, 0.5) is 17.1 Å². The summed E-state index contributed by atoms with van der Waals surface area (Å²) in [6, 6.07) is 73.6. The Morgan fingerprint density at radius 3 is 1.50 bits per heavy atom. The number of fused-ring (bicyclic) bond motifs is 9. The topological polar surface area (TPSA) is 16.4 Å². The molecule has 296 valence electrons. The second-order valence-corrected chi connectivity index (χ2v) is 18.1. The summed E-state index contributed by atoms with van der Waals surface area (Å²) in [6.07, 6.45) is 0. The zero-order valence-corrected chi connectivity index (χ0v) is 35.4. The molecule has 0 radical (unpaired) electrons. The molecular weight excluding hydrogens is 751 g/mol. The molecule has 0 spiro atoms. The monoisotopic (exact) mass is 795 g/mol. The highest BCUT2D eigenvalue weighted by atomic mass is 16.3. The van der Waals surface area contributed by atoms with E-state index in [4.69, 9.17) is 4.42 Å². The zero-order chi connectivity index (χ0) is 41.7. The van der Waals surface area contributed by atoms with Gasteiger partial charge in [0.2, 0.25) is 0 Å². The molecule has 0 bridgehead atoms. The molecule has 1 aromatic heterocycles. The first-order valence-electron chi connectivity index (χ1n) is 21.7. The van der Waals surface area contributed by atoms with E-state index in [1.807, 2.05) is 12.1 Å². The van der Waals surface area contributed by atoms with Gasteiger partial charge in [0.1, 0.15) is 11.2 Å². The SMILES string of the molecule is CC1(C)c2ccccc2-c2cc(-c3ccc(-c4ccc(N(c5ccc(-c6ccc7oc8ccccc8c7c6)cc5)c5cccc6c5-c5ccccc5C6(C)C)cc4)cc3)ccc21. The summed E-state index contributed by atoms with van der Waals surface area (Å²) < 4.78 is 6.15. The second kappa shape index (κ2) is 13.5. The molecule has 12 rings (SSSR count). The fourth-order valence-electron chi connectivity index (χ4n) is 10.6. The minimum absolute atomic E-state index is 0.00749. The van der Waals surface area contributed by atoms with Crippen LogP contribution in [0.2, 0.25) is 0 Å². The average molecular weight is 796 g/mol. The van der Waals surface area contributed by atoms with Crippen LogP contribution < -0.4 is 4.90 Å².